The summed E-state index contributed by atoms with van der Waals surface area (Å²) in [5.74, 6) is 0.0303. The molecule has 0 saturated carbocycles. The minimum atomic E-state index is -2.54. The molecule has 120 valence electrons. The van der Waals surface area contributed by atoms with Crippen LogP contribution in [0.5, 0.6) is 5.75 Å². The van der Waals surface area contributed by atoms with Gasteiger partial charge in [0.2, 0.25) is 5.91 Å². The smallest absolute Gasteiger partial charge is 0.272 e. The molecule has 4 nitrogen and oxygen atoms in total. The third-order valence-electron chi connectivity index (χ3n) is 2.76. The summed E-state index contributed by atoms with van der Waals surface area (Å²) in [5.41, 5.74) is 6.91. The molecule has 1 rings (SSSR count). The number of amides is 1. The zero-order chi connectivity index (χ0) is 15.1. The first kappa shape index (κ1) is 19.6. The normalized spacial score (nSPS) is 11.7. The van der Waals surface area contributed by atoms with Crippen LogP contribution in [0.1, 0.15) is 25.3 Å². The van der Waals surface area contributed by atoms with E-state index in [2.05, 4.69) is 5.32 Å². The maximum absolute atomic E-state index is 12.1. The monoisotopic (exact) mass is 322 g/mol. The van der Waals surface area contributed by atoms with Crippen LogP contribution in [0.15, 0.2) is 18.2 Å². The highest BCUT2D eigenvalue weighted by atomic mass is 35.5. The van der Waals surface area contributed by atoms with Gasteiger partial charge in [-0.15, -0.1) is 12.4 Å². The van der Waals surface area contributed by atoms with E-state index in [0.29, 0.717) is 17.9 Å². The fourth-order valence-corrected chi connectivity index (χ4v) is 1.66. The molecule has 1 amide bonds. The van der Waals surface area contributed by atoms with Gasteiger partial charge >= 0.3 is 0 Å². The number of carbonyl (C=O) groups is 1. The van der Waals surface area contributed by atoms with Crippen molar-refractivity contribution in [1.82, 2.24) is 0 Å². The maximum Gasteiger partial charge on any atom is 0.272 e. The number of hydrogen-bond donors (Lipinski definition) is 2. The summed E-state index contributed by atoms with van der Waals surface area (Å²) >= 11 is 0. The average Bonchev–Trinajstić information content (AvgIpc) is 2.39. The molecule has 21 heavy (non-hydrogen) atoms. The van der Waals surface area contributed by atoms with Crippen LogP contribution in [0.4, 0.5) is 14.5 Å². The molecule has 1 unspecified atom stereocenters. The Labute approximate surface area is 129 Å². The van der Waals surface area contributed by atoms with Gasteiger partial charge in [-0.25, -0.2) is 8.78 Å². The highest BCUT2D eigenvalue weighted by Crippen LogP contribution is 2.23. The number of hydrogen-bond acceptors (Lipinski definition) is 3. The van der Waals surface area contributed by atoms with Crippen molar-refractivity contribution >= 4 is 24.0 Å². The molecule has 0 saturated heterocycles. The van der Waals surface area contributed by atoms with E-state index in [1.807, 2.05) is 6.92 Å². The van der Waals surface area contributed by atoms with E-state index in [1.54, 1.807) is 19.1 Å². The van der Waals surface area contributed by atoms with Crippen LogP contribution in [0.3, 0.4) is 0 Å². The van der Waals surface area contributed by atoms with Crippen molar-refractivity contribution in [2.24, 2.45) is 5.73 Å². The molecule has 0 radical (unpaired) electrons. The third-order valence-corrected chi connectivity index (χ3v) is 2.76. The van der Waals surface area contributed by atoms with Crippen LogP contribution < -0.4 is 15.8 Å². The number of aryl methyl sites for hydroxylation is 1. The number of anilines is 1. The topological polar surface area (TPSA) is 64.4 Å². The van der Waals surface area contributed by atoms with Gasteiger partial charge in [0.15, 0.2) is 0 Å². The summed E-state index contributed by atoms with van der Waals surface area (Å²) in [6.45, 7) is 3.01. The van der Waals surface area contributed by atoms with E-state index < -0.39 is 19.1 Å². The minimum Gasteiger partial charge on any atom is -0.487 e. The van der Waals surface area contributed by atoms with Crippen molar-refractivity contribution in [3.05, 3.63) is 23.8 Å². The molecule has 0 spiro atoms. The molecular formula is C14H21ClF2N2O2. The van der Waals surface area contributed by atoms with E-state index in [0.717, 1.165) is 12.0 Å². The van der Waals surface area contributed by atoms with Gasteiger partial charge in [-0.05, 0) is 25.0 Å². The van der Waals surface area contributed by atoms with Crippen molar-refractivity contribution in [3.8, 4) is 5.75 Å². The number of halogens is 3. The van der Waals surface area contributed by atoms with Gasteiger partial charge in [0.1, 0.15) is 12.4 Å². The molecular weight excluding hydrogens is 302 g/mol. The molecule has 1 aromatic carbocycles. The van der Waals surface area contributed by atoms with E-state index in [-0.39, 0.29) is 18.3 Å². The van der Waals surface area contributed by atoms with Crippen molar-refractivity contribution in [3.63, 3.8) is 0 Å². The first-order valence-corrected chi connectivity index (χ1v) is 6.52. The van der Waals surface area contributed by atoms with Crippen molar-refractivity contribution in [2.45, 2.75) is 39.2 Å². The Kier molecular flexibility index (Phi) is 8.89. The molecule has 0 heterocycles. The second-order valence-corrected chi connectivity index (χ2v) is 4.57. The Morgan fingerprint density at radius 2 is 2.10 bits per heavy atom. The van der Waals surface area contributed by atoms with Gasteiger partial charge in [-0.3, -0.25) is 4.79 Å². The zero-order valence-corrected chi connectivity index (χ0v) is 12.9. The van der Waals surface area contributed by atoms with E-state index in [4.69, 9.17) is 10.5 Å². The Morgan fingerprint density at radius 1 is 1.43 bits per heavy atom. The van der Waals surface area contributed by atoms with E-state index in [9.17, 15) is 13.6 Å². The lowest BCUT2D eigenvalue weighted by molar-refractivity contribution is -0.117. The quantitative estimate of drug-likeness (QED) is 0.810. The Morgan fingerprint density at radius 3 is 2.67 bits per heavy atom. The van der Waals surface area contributed by atoms with Crippen LogP contribution >= 0.6 is 12.4 Å². The molecule has 3 N–H and O–H groups in total. The number of ether oxygens (including phenoxy) is 1. The van der Waals surface area contributed by atoms with Gasteiger partial charge in [0.05, 0.1) is 6.04 Å². The number of nitrogens with two attached hydrogens (primary N) is 1. The van der Waals surface area contributed by atoms with Crippen molar-refractivity contribution in [1.29, 1.82) is 0 Å². The van der Waals surface area contributed by atoms with Crippen molar-refractivity contribution in [2.75, 3.05) is 11.9 Å². The van der Waals surface area contributed by atoms with Crippen LogP contribution in [0.2, 0.25) is 0 Å². The van der Waals surface area contributed by atoms with Crippen LogP contribution in [0, 0.1) is 6.92 Å². The van der Waals surface area contributed by atoms with Gasteiger partial charge in [-0.2, -0.15) is 0 Å². The number of carbonyl (C=O) groups excluding carboxylic acids is 1. The summed E-state index contributed by atoms with van der Waals surface area (Å²) in [6, 6.07) is 4.32. The van der Waals surface area contributed by atoms with Gasteiger partial charge < -0.3 is 15.8 Å². The van der Waals surface area contributed by atoms with Crippen LogP contribution in [0.25, 0.3) is 0 Å². The largest absolute Gasteiger partial charge is 0.487 e. The van der Waals surface area contributed by atoms with Gasteiger partial charge in [0, 0.05) is 11.8 Å². The minimum absolute atomic E-state index is 0. The van der Waals surface area contributed by atoms with E-state index in [1.165, 1.54) is 6.07 Å². The molecule has 0 fully saturated rings. The fourth-order valence-electron chi connectivity index (χ4n) is 1.66. The number of rotatable bonds is 7. The predicted molar refractivity (Wildman–Crippen MR) is 81.4 cm³/mol. The van der Waals surface area contributed by atoms with Crippen LogP contribution in [-0.4, -0.2) is 25.0 Å². The highest BCUT2D eigenvalue weighted by Gasteiger charge is 2.13. The molecule has 7 heteroatoms. The lowest BCUT2D eigenvalue weighted by Crippen LogP contribution is -2.35. The number of benzene rings is 1. The summed E-state index contributed by atoms with van der Waals surface area (Å²) in [4.78, 5) is 11.8. The maximum atomic E-state index is 12.1. The predicted octanol–water partition coefficient (Wildman–Crippen LogP) is 3.13. The number of nitrogens with one attached hydrogen (secondary N) is 1. The second-order valence-electron chi connectivity index (χ2n) is 4.57. The molecule has 0 aliphatic carbocycles. The highest BCUT2D eigenvalue weighted by molar-refractivity contribution is 5.94. The van der Waals surface area contributed by atoms with Crippen LogP contribution in [-0.2, 0) is 4.79 Å². The van der Waals surface area contributed by atoms with E-state index >= 15 is 0 Å². The van der Waals surface area contributed by atoms with Gasteiger partial charge in [0.25, 0.3) is 6.43 Å². The van der Waals surface area contributed by atoms with Crippen molar-refractivity contribution < 1.29 is 18.3 Å². The Hall–Kier alpha value is -1.40. The standard InChI is InChI=1S/C14H20F2N2O2.ClH/c1-3-4-11(17)14(19)18-10-6-5-9(2)12(7-10)20-8-13(15)16;/h5-7,11,13H,3-4,8,17H2,1-2H3,(H,18,19);1H. The summed E-state index contributed by atoms with van der Waals surface area (Å²) in [5, 5.41) is 2.65. The Balaban J connectivity index is 0.00000400. The molecule has 0 aromatic heterocycles. The molecule has 1 aromatic rings. The first-order chi connectivity index (χ1) is 9.43. The first-order valence-electron chi connectivity index (χ1n) is 6.52. The lowest BCUT2D eigenvalue weighted by Gasteiger charge is -2.14. The fraction of sp³-hybridized carbons (Fsp3) is 0.500. The Bertz CT molecular complexity index is 459. The molecule has 0 aliphatic heterocycles. The second kappa shape index (κ2) is 9.52. The third kappa shape index (κ3) is 6.73. The summed E-state index contributed by atoms with van der Waals surface area (Å²) in [7, 11) is 0. The molecule has 1 atom stereocenters. The zero-order valence-electron chi connectivity index (χ0n) is 12.1. The van der Waals surface area contributed by atoms with Gasteiger partial charge in [-0.1, -0.05) is 19.4 Å². The lowest BCUT2D eigenvalue weighted by atomic mass is 10.1. The summed E-state index contributed by atoms with van der Waals surface area (Å²) in [6.07, 6.45) is -1.14. The summed E-state index contributed by atoms with van der Waals surface area (Å²) < 4.78 is 29.3. The molecule has 0 bridgehead atoms. The average molecular weight is 323 g/mol. The number of alkyl halides is 2. The molecule has 0 aliphatic rings. The SMILES string of the molecule is CCCC(N)C(=O)Nc1ccc(C)c(OCC(F)F)c1.Cl.